The van der Waals surface area contributed by atoms with Gasteiger partial charge in [0.2, 0.25) is 0 Å². The number of esters is 1. The number of rotatable bonds is 7. The Hall–Kier alpha value is -1.12. The van der Waals surface area contributed by atoms with Gasteiger partial charge in [-0.05, 0) is 25.3 Å². The van der Waals surface area contributed by atoms with E-state index in [1.165, 1.54) is 0 Å². The first kappa shape index (κ1) is 13.9. The lowest BCUT2D eigenvalue weighted by Gasteiger charge is -2.10. The molecule has 0 heterocycles. The second-order valence-corrected chi connectivity index (χ2v) is 3.81. The molecule has 3 nitrogen and oxygen atoms in total. The molecule has 0 aromatic heterocycles. The van der Waals surface area contributed by atoms with Gasteiger partial charge in [-0.15, -0.1) is 0 Å². The predicted molar refractivity (Wildman–Crippen MR) is 59.5 cm³/mol. The van der Waals surface area contributed by atoms with E-state index in [9.17, 15) is 9.59 Å². The Morgan fingerprint density at radius 3 is 2.47 bits per heavy atom. The number of carbonyl (C=O) groups is 2. The first-order chi connectivity index (χ1) is 6.99. The van der Waals surface area contributed by atoms with E-state index in [-0.39, 0.29) is 17.7 Å². The molecule has 0 N–H and O–H groups in total. The third-order valence-corrected chi connectivity index (χ3v) is 2.13. The molecule has 0 saturated heterocycles. The molecule has 86 valence electrons. The Morgan fingerprint density at radius 1 is 1.40 bits per heavy atom. The number of allylic oxidation sites excluding steroid dienone is 1. The van der Waals surface area contributed by atoms with Gasteiger partial charge in [0.15, 0.2) is 5.78 Å². The van der Waals surface area contributed by atoms with Crippen LogP contribution in [0, 0.1) is 5.92 Å². The van der Waals surface area contributed by atoms with Crippen LogP contribution in [0.2, 0.25) is 0 Å². The molecule has 0 amide bonds. The van der Waals surface area contributed by atoms with E-state index >= 15 is 0 Å². The van der Waals surface area contributed by atoms with Crippen molar-refractivity contribution in [3.63, 3.8) is 0 Å². The van der Waals surface area contributed by atoms with Crippen LogP contribution in [0.1, 0.15) is 40.0 Å². The minimum Gasteiger partial charge on any atom is -0.465 e. The Bertz CT molecular complexity index is 243. The summed E-state index contributed by atoms with van der Waals surface area (Å²) in [5.74, 6) is -0.406. The fraction of sp³-hybridized carbons (Fsp3) is 0.667. The minimum absolute atomic E-state index is 0.0186. The maximum atomic E-state index is 11.3. The van der Waals surface area contributed by atoms with Gasteiger partial charge >= 0.3 is 5.97 Å². The highest BCUT2D eigenvalue weighted by Gasteiger charge is 2.15. The smallest absolute Gasteiger partial charge is 0.308 e. The zero-order chi connectivity index (χ0) is 11.8. The highest BCUT2D eigenvalue weighted by Crippen LogP contribution is 2.10. The maximum absolute atomic E-state index is 11.3. The van der Waals surface area contributed by atoms with E-state index in [0.717, 1.165) is 6.42 Å². The molecule has 0 aliphatic rings. The van der Waals surface area contributed by atoms with Crippen molar-refractivity contribution in [3.8, 4) is 0 Å². The SMILES string of the molecule is C=C(C)C(=O)CCC(C)C(=O)OCCC. The van der Waals surface area contributed by atoms with Gasteiger partial charge in [-0.2, -0.15) is 0 Å². The van der Waals surface area contributed by atoms with Gasteiger partial charge in [0.25, 0.3) is 0 Å². The Kier molecular flexibility index (Phi) is 6.67. The average molecular weight is 212 g/mol. The van der Waals surface area contributed by atoms with Gasteiger partial charge in [-0.1, -0.05) is 20.4 Å². The number of hydrogen-bond donors (Lipinski definition) is 0. The van der Waals surface area contributed by atoms with E-state index in [1.54, 1.807) is 13.8 Å². The molecule has 0 spiro atoms. The lowest BCUT2D eigenvalue weighted by Crippen LogP contribution is -2.16. The molecule has 0 aromatic carbocycles. The standard InChI is InChI=1S/C12H20O3/c1-5-8-15-12(14)10(4)6-7-11(13)9(2)3/h10H,2,5-8H2,1,3-4H3. The summed E-state index contributed by atoms with van der Waals surface area (Å²) in [6.07, 6.45) is 1.73. The summed E-state index contributed by atoms with van der Waals surface area (Å²) in [6.45, 7) is 9.43. The van der Waals surface area contributed by atoms with Crippen LogP contribution in [0.25, 0.3) is 0 Å². The number of Topliss-reactive ketones (excluding diaryl/α,β-unsaturated/α-hetero) is 1. The molecule has 0 bridgehead atoms. The zero-order valence-electron chi connectivity index (χ0n) is 9.84. The normalized spacial score (nSPS) is 11.9. The van der Waals surface area contributed by atoms with E-state index in [2.05, 4.69) is 6.58 Å². The third kappa shape index (κ3) is 6.05. The maximum Gasteiger partial charge on any atom is 0.308 e. The van der Waals surface area contributed by atoms with Gasteiger partial charge in [0, 0.05) is 6.42 Å². The molecule has 0 aliphatic heterocycles. The number of hydrogen-bond acceptors (Lipinski definition) is 3. The van der Waals surface area contributed by atoms with Gasteiger partial charge in [-0.3, -0.25) is 9.59 Å². The first-order valence-electron chi connectivity index (χ1n) is 5.34. The molecule has 0 aromatic rings. The molecule has 1 unspecified atom stereocenters. The zero-order valence-corrected chi connectivity index (χ0v) is 9.84. The van der Waals surface area contributed by atoms with Crippen molar-refractivity contribution in [2.75, 3.05) is 6.61 Å². The van der Waals surface area contributed by atoms with Crippen molar-refractivity contribution < 1.29 is 14.3 Å². The minimum atomic E-state index is -0.216. The van der Waals surface area contributed by atoms with Crippen LogP contribution < -0.4 is 0 Å². The Labute approximate surface area is 91.5 Å². The molecular formula is C12H20O3. The van der Waals surface area contributed by atoms with E-state index in [1.807, 2.05) is 6.92 Å². The van der Waals surface area contributed by atoms with Crippen molar-refractivity contribution in [1.29, 1.82) is 0 Å². The van der Waals surface area contributed by atoms with Crippen molar-refractivity contribution in [2.24, 2.45) is 5.92 Å². The van der Waals surface area contributed by atoms with Gasteiger partial charge in [0.05, 0.1) is 12.5 Å². The van der Waals surface area contributed by atoms with E-state index in [4.69, 9.17) is 4.74 Å². The molecule has 0 radical (unpaired) electrons. The number of carbonyl (C=O) groups excluding carboxylic acids is 2. The highest BCUT2D eigenvalue weighted by atomic mass is 16.5. The molecule has 15 heavy (non-hydrogen) atoms. The van der Waals surface area contributed by atoms with Crippen molar-refractivity contribution in [1.82, 2.24) is 0 Å². The number of ether oxygens (including phenoxy) is 1. The van der Waals surface area contributed by atoms with Crippen LogP contribution in [0.15, 0.2) is 12.2 Å². The molecule has 0 fully saturated rings. The van der Waals surface area contributed by atoms with Crippen molar-refractivity contribution in [3.05, 3.63) is 12.2 Å². The van der Waals surface area contributed by atoms with Crippen LogP contribution >= 0.6 is 0 Å². The van der Waals surface area contributed by atoms with Crippen molar-refractivity contribution >= 4 is 11.8 Å². The predicted octanol–water partition coefficient (Wildman–Crippen LogP) is 2.50. The topological polar surface area (TPSA) is 43.4 Å². The summed E-state index contributed by atoms with van der Waals surface area (Å²) >= 11 is 0. The van der Waals surface area contributed by atoms with Gasteiger partial charge in [0.1, 0.15) is 0 Å². The monoisotopic (exact) mass is 212 g/mol. The largest absolute Gasteiger partial charge is 0.465 e. The lowest BCUT2D eigenvalue weighted by atomic mass is 10.0. The summed E-state index contributed by atoms with van der Waals surface area (Å²) in [6, 6.07) is 0. The third-order valence-electron chi connectivity index (χ3n) is 2.13. The van der Waals surface area contributed by atoms with Gasteiger partial charge in [-0.25, -0.2) is 0 Å². The second kappa shape index (κ2) is 7.21. The summed E-state index contributed by atoms with van der Waals surface area (Å²) in [4.78, 5) is 22.6. The number of ketones is 1. The second-order valence-electron chi connectivity index (χ2n) is 3.81. The van der Waals surface area contributed by atoms with Crippen LogP contribution in [0.5, 0.6) is 0 Å². The quantitative estimate of drug-likeness (QED) is 0.481. The molecule has 0 saturated carbocycles. The summed E-state index contributed by atoms with van der Waals surface area (Å²) < 4.78 is 4.97. The summed E-state index contributed by atoms with van der Waals surface area (Å²) in [5, 5.41) is 0. The van der Waals surface area contributed by atoms with Crippen LogP contribution in [0.3, 0.4) is 0 Å². The fourth-order valence-corrected chi connectivity index (χ4v) is 1.02. The average Bonchev–Trinajstić information content (AvgIpc) is 2.21. The van der Waals surface area contributed by atoms with Crippen LogP contribution in [-0.2, 0) is 14.3 Å². The van der Waals surface area contributed by atoms with E-state index in [0.29, 0.717) is 25.0 Å². The molecule has 0 aliphatic carbocycles. The first-order valence-corrected chi connectivity index (χ1v) is 5.34. The van der Waals surface area contributed by atoms with Crippen molar-refractivity contribution in [2.45, 2.75) is 40.0 Å². The summed E-state index contributed by atoms with van der Waals surface area (Å²) in [7, 11) is 0. The molecular weight excluding hydrogens is 192 g/mol. The Morgan fingerprint density at radius 2 is 2.00 bits per heavy atom. The molecule has 0 rings (SSSR count). The van der Waals surface area contributed by atoms with Crippen LogP contribution in [0.4, 0.5) is 0 Å². The fourth-order valence-electron chi connectivity index (χ4n) is 1.02. The van der Waals surface area contributed by atoms with Crippen LogP contribution in [-0.4, -0.2) is 18.4 Å². The molecule has 1 atom stereocenters. The Balaban J connectivity index is 3.82. The summed E-state index contributed by atoms with van der Waals surface area (Å²) in [5.41, 5.74) is 0.545. The van der Waals surface area contributed by atoms with Gasteiger partial charge < -0.3 is 4.74 Å². The highest BCUT2D eigenvalue weighted by molar-refractivity contribution is 5.94. The molecule has 3 heteroatoms. The van der Waals surface area contributed by atoms with E-state index < -0.39 is 0 Å². The lowest BCUT2D eigenvalue weighted by molar-refractivity contribution is -0.148.